The van der Waals surface area contributed by atoms with Crippen LogP contribution in [0.2, 0.25) is 0 Å². The van der Waals surface area contributed by atoms with Gasteiger partial charge in [-0.25, -0.2) is 19.4 Å². The first kappa shape index (κ1) is 53.2. The molecule has 0 bridgehead atoms. The van der Waals surface area contributed by atoms with Gasteiger partial charge in [-0.3, -0.25) is 24.9 Å². The summed E-state index contributed by atoms with van der Waals surface area (Å²) in [5.74, 6) is -2.79. The van der Waals surface area contributed by atoms with Gasteiger partial charge in [-0.2, -0.15) is 13.5 Å². The Morgan fingerprint density at radius 1 is 0.901 bits per heavy atom. The summed E-state index contributed by atoms with van der Waals surface area (Å²) >= 11 is 0.940. The van der Waals surface area contributed by atoms with Crippen molar-refractivity contribution < 1.29 is 65.0 Å². The second-order valence-electron chi connectivity index (χ2n) is 18.9. The van der Waals surface area contributed by atoms with Crippen molar-refractivity contribution in [2.24, 2.45) is 5.16 Å². The molecule has 4 aromatic rings. The Hall–Kier alpha value is -7.15. The maximum absolute atomic E-state index is 14.4. The van der Waals surface area contributed by atoms with E-state index in [-0.39, 0.29) is 28.5 Å². The third-order valence-electron chi connectivity index (χ3n) is 10.4. The Bertz CT molecular complexity index is 2710. The molecule has 1 aromatic heterocycles. The zero-order valence-electron chi connectivity index (χ0n) is 40.4. The summed E-state index contributed by atoms with van der Waals surface area (Å²) in [7, 11) is -5.13. The van der Waals surface area contributed by atoms with Crippen LogP contribution in [-0.4, -0.2) is 124 Å². The molecule has 0 spiro atoms. The SMILES string of the molecule is Cc1sc(NC(=O)OC(C)(C)C)nc1/C(=N/O[C@@H](COc1ccc(C(=N)NC2CN(C(=O)OC(C)(C)C)C2)cc1)C(=O)OC(c1ccccc1)c1ccccc1)C(=O)N[C@@H]1C(=O)N(OS(=O)(=O)O)C1(C)C. The molecular formula is C47H56N8O14S2. The van der Waals surface area contributed by atoms with E-state index in [1.54, 1.807) is 133 Å². The molecule has 2 aliphatic rings. The van der Waals surface area contributed by atoms with Crippen LogP contribution in [0.4, 0.5) is 14.7 Å². The third kappa shape index (κ3) is 14.2. The van der Waals surface area contributed by atoms with E-state index in [2.05, 4.69) is 30.4 Å². The number of hydrogen-bond acceptors (Lipinski definition) is 17. The molecule has 2 fully saturated rings. The molecule has 0 unspecified atom stereocenters. The van der Waals surface area contributed by atoms with Gasteiger partial charge in [0.25, 0.3) is 17.9 Å². The lowest BCUT2D eigenvalue weighted by atomic mass is 9.84. The van der Waals surface area contributed by atoms with Crippen molar-refractivity contribution in [1.29, 1.82) is 5.41 Å². The highest BCUT2D eigenvalue weighted by Crippen LogP contribution is 2.34. The Balaban J connectivity index is 1.28. The van der Waals surface area contributed by atoms with Crippen LogP contribution in [0.5, 0.6) is 5.75 Å². The minimum Gasteiger partial charge on any atom is -0.489 e. The van der Waals surface area contributed by atoms with Gasteiger partial charge < -0.3 is 39.3 Å². The summed E-state index contributed by atoms with van der Waals surface area (Å²) in [6.07, 6.45) is -3.95. The summed E-state index contributed by atoms with van der Waals surface area (Å²) < 4.78 is 59.6. The fourth-order valence-electron chi connectivity index (χ4n) is 6.93. The first-order valence-corrected chi connectivity index (χ1v) is 24.3. The van der Waals surface area contributed by atoms with Gasteiger partial charge >= 0.3 is 28.6 Å². The number of β-lactam (4-membered cyclic amide) rings is 1. The van der Waals surface area contributed by atoms with Crippen LogP contribution in [0.1, 0.15) is 88.8 Å². The van der Waals surface area contributed by atoms with Crippen LogP contribution in [0, 0.1) is 12.3 Å². The van der Waals surface area contributed by atoms with Crippen molar-refractivity contribution in [3.63, 3.8) is 0 Å². The number of hydrogen-bond donors (Lipinski definition) is 5. The number of amides is 4. The van der Waals surface area contributed by atoms with Gasteiger partial charge in [0.2, 0.25) is 0 Å². The number of rotatable bonds is 17. The molecule has 0 aliphatic carbocycles. The number of nitrogens with one attached hydrogen (secondary N) is 4. The number of amidine groups is 1. The highest BCUT2D eigenvalue weighted by atomic mass is 32.3. The first-order chi connectivity index (χ1) is 33.2. The lowest BCUT2D eigenvalue weighted by molar-refractivity contribution is -0.218. The monoisotopic (exact) mass is 1020 g/mol. The molecular weight excluding hydrogens is 965 g/mol. The molecule has 380 valence electrons. The van der Waals surface area contributed by atoms with Crippen LogP contribution in [0.25, 0.3) is 0 Å². The standard InChI is InChI=1S/C47H56N8O14S2/c1-27-34(50-42(70-27)52-43(59)66-45(2,3)4)35(39(56)51-37-40(57)55(47(37,8)9)69-71(61,62)63)53-68-33(41(58)65-36(28-16-12-10-13-17-28)29-18-14-11-15-19-29)26-64-32-22-20-30(21-23-32)38(48)49-31-24-54(25-31)44(60)67-46(5,6)7/h10-23,31,33,36-37H,24-26H2,1-9H3,(H2,48,49)(H,51,56)(H,50,52,59)(H,61,62,63)/b53-35-/t33-,37+/m0/s1. The Morgan fingerprint density at radius 2 is 1.48 bits per heavy atom. The van der Waals surface area contributed by atoms with E-state index in [1.165, 1.54) is 18.7 Å². The van der Waals surface area contributed by atoms with E-state index < -0.39 is 87.7 Å². The zero-order chi connectivity index (χ0) is 52.1. The number of anilines is 1. The number of thiazole rings is 1. The molecule has 0 saturated carbocycles. The van der Waals surface area contributed by atoms with Crippen molar-refractivity contribution in [2.75, 3.05) is 25.0 Å². The van der Waals surface area contributed by atoms with E-state index >= 15 is 0 Å². The molecule has 3 heterocycles. The predicted molar refractivity (Wildman–Crippen MR) is 258 cm³/mol. The fraction of sp³-hybridized carbons (Fsp3) is 0.404. The predicted octanol–water partition coefficient (Wildman–Crippen LogP) is 5.67. The average molecular weight is 1020 g/mol. The zero-order valence-corrected chi connectivity index (χ0v) is 42.0. The maximum atomic E-state index is 14.4. The second-order valence-corrected chi connectivity index (χ2v) is 21.1. The summed E-state index contributed by atoms with van der Waals surface area (Å²) in [5, 5.41) is 21.2. The largest absolute Gasteiger partial charge is 0.489 e. The number of likely N-dealkylation sites (tertiary alicyclic amines) is 1. The van der Waals surface area contributed by atoms with Crippen LogP contribution >= 0.6 is 11.3 Å². The molecule has 2 atom stereocenters. The van der Waals surface area contributed by atoms with Gasteiger partial charge in [-0.05, 0) is 97.7 Å². The van der Waals surface area contributed by atoms with E-state index in [9.17, 15) is 36.9 Å². The number of benzene rings is 3. The molecule has 2 aliphatic heterocycles. The van der Waals surface area contributed by atoms with E-state index in [1.807, 2.05) is 0 Å². The molecule has 3 aromatic carbocycles. The van der Waals surface area contributed by atoms with Crippen molar-refractivity contribution in [3.05, 3.63) is 112 Å². The number of ether oxygens (including phenoxy) is 4. The minimum absolute atomic E-state index is 0.0185. The van der Waals surface area contributed by atoms with Gasteiger partial charge in [0, 0.05) is 23.5 Å². The number of carbonyl (C=O) groups is 5. The molecule has 4 amide bonds. The number of aromatic nitrogens is 1. The Morgan fingerprint density at radius 3 is 2.01 bits per heavy atom. The molecule has 24 heteroatoms. The summed E-state index contributed by atoms with van der Waals surface area (Å²) in [6.45, 7) is 14.8. The topological polar surface area (TPSA) is 287 Å². The first-order valence-electron chi connectivity index (χ1n) is 22.1. The number of carbonyl (C=O) groups excluding carboxylic acids is 5. The van der Waals surface area contributed by atoms with Crippen LogP contribution in [-0.2, 0) is 48.1 Å². The number of hydroxylamine groups is 2. The highest BCUT2D eigenvalue weighted by molar-refractivity contribution is 7.80. The molecule has 0 radical (unpaired) electrons. The van der Waals surface area contributed by atoms with Crippen LogP contribution in [0.15, 0.2) is 90.1 Å². The number of oxime groups is 1. The Labute approximate surface area is 414 Å². The molecule has 2 saturated heterocycles. The molecule has 5 N–H and O–H groups in total. The van der Waals surface area contributed by atoms with Crippen LogP contribution < -0.4 is 20.7 Å². The molecule has 71 heavy (non-hydrogen) atoms. The van der Waals surface area contributed by atoms with E-state index in [4.69, 9.17) is 29.2 Å². The highest BCUT2D eigenvalue weighted by Gasteiger charge is 2.58. The smallest absolute Gasteiger partial charge is 0.418 e. The summed E-state index contributed by atoms with van der Waals surface area (Å²) in [4.78, 5) is 79.0. The molecule has 6 rings (SSSR count). The van der Waals surface area contributed by atoms with E-state index in [0.717, 1.165) is 11.3 Å². The van der Waals surface area contributed by atoms with Gasteiger partial charge in [0.1, 0.15) is 41.1 Å². The van der Waals surface area contributed by atoms with Gasteiger partial charge in [0.15, 0.2) is 16.9 Å². The number of esters is 1. The van der Waals surface area contributed by atoms with Gasteiger partial charge in [0.05, 0.1) is 11.6 Å². The third-order valence-corrected chi connectivity index (χ3v) is 11.6. The van der Waals surface area contributed by atoms with Crippen molar-refractivity contribution in [3.8, 4) is 5.75 Å². The summed E-state index contributed by atoms with van der Waals surface area (Å²) in [6, 6.07) is 22.5. The number of nitrogens with zero attached hydrogens (tertiary/aromatic N) is 4. The second kappa shape index (κ2) is 21.5. The van der Waals surface area contributed by atoms with Crippen molar-refractivity contribution in [1.82, 2.24) is 25.6 Å². The lowest BCUT2D eigenvalue weighted by Gasteiger charge is -2.50. The summed E-state index contributed by atoms with van der Waals surface area (Å²) in [5.41, 5.74) is -2.06. The Kier molecular flexibility index (Phi) is 16.1. The molecule has 22 nitrogen and oxygen atoms in total. The fourth-order valence-corrected chi connectivity index (χ4v) is 8.18. The van der Waals surface area contributed by atoms with Crippen molar-refractivity contribution >= 4 is 68.4 Å². The van der Waals surface area contributed by atoms with Crippen LogP contribution in [0.3, 0.4) is 0 Å². The van der Waals surface area contributed by atoms with Crippen molar-refractivity contribution in [2.45, 2.75) is 103 Å². The lowest BCUT2D eigenvalue weighted by Crippen LogP contribution is -2.76. The average Bonchev–Trinajstić information content (AvgIpc) is 3.63. The van der Waals surface area contributed by atoms with Gasteiger partial charge in [-0.1, -0.05) is 65.8 Å². The maximum Gasteiger partial charge on any atom is 0.418 e. The quantitative estimate of drug-likeness (QED) is 0.0162. The minimum atomic E-state index is -5.13. The number of aryl methyl sites for hydroxylation is 1. The van der Waals surface area contributed by atoms with Gasteiger partial charge in [-0.15, -0.1) is 15.6 Å². The van der Waals surface area contributed by atoms with E-state index in [0.29, 0.717) is 39.7 Å². The normalized spacial score (nSPS) is 16.5.